The second kappa shape index (κ2) is 5.87. The second-order valence-corrected chi connectivity index (χ2v) is 7.32. The lowest BCUT2D eigenvalue weighted by molar-refractivity contribution is 0.0168. The quantitative estimate of drug-likeness (QED) is 0.793. The first-order valence-electron chi connectivity index (χ1n) is 7.92. The van der Waals surface area contributed by atoms with Crippen molar-refractivity contribution in [2.45, 2.75) is 31.4 Å². The van der Waals surface area contributed by atoms with Crippen LogP contribution in [0.25, 0.3) is 0 Å². The first-order valence-corrected chi connectivity index (χ1v) is 8.71. The highest BCUT2D eigenvalue weighted by molar-refractivity contribution is 9.10. The predicted molar refractivity (Wildman–Crippen MR) is 89.9 cm³/mol. The highest BCUT2D eigenvalue weighted by Crippen LogP contribution is 2.40. The molecule has 1 saturated heterocycles. The maximum Gasteiger partial charge on any atom is 0.141 e. The van der Waals surface area contributed by atoms with Gasteiger partial charge in [-0.3, -0.25) is 9.88 Å². The third-order valence-corrected chi connectivity index (χ3v) is 5.51. The number of nitrogens with zero attached hydrogens (tertiary/aromatic N) is 2. The van der Waals surface area contributed by atoms with E-state index in [9.17, 15) is 4.39 Å². The fourth-order valence-corrected chi connectivity index (χ4v) is 3.80. The number of piperidine rings is 1. The lowest BCUT2D eigenvalue weighted by Gasteiger charge is -2.38. The first kappa shape index (κ1) is 15.1. The number of fused-ring (bicyclic) bond motifs is 1. The lowest BCUT2D eigenvalue weighted by Crippen LogP contribution is -2.47. The monoisotopic (exact) mass is 376 g/mol. The van der Waals surface area contributed by atoms with Gasteiger partial charge >= 0.3 is 0 Å². The Hall–Kier alpha value is -1.46. The number of benzene rings is 1. The third kappa shape index (κ3) is 3.00. The largest absolute Gasteiger partial charge is 0.485 e. The summed E-state index contributed by atoms with van der Waals surface area (Å²) in [6.07, 6.45) is 6.63. The summed E-state index contributed by atoms with van der Waals surface area (Å²) in [7, 11) is 0. The van der Waals surface area contributed by atoms with E-state index in [1.54, 1.807) is 12.1 Å². The molecule has 3 nitrogen and oxygen atoms in total. The molecule has 5 heteroatoms. The average Bonchev–Trinajstić information content (AvgIpc) is 2.91. The molecule has 3 heterocycles. The van der Waals surface area contributed by atoms with E-state index in [1.807, 2.05) is 18.5 Å². The van der Waals surface area contributed by atoms with E-state index in [0.29, 0.717) is 4.47 Å². The predicted octanol–water partition coefficient (Wildman–Crippen LogP) is 3.95. The van der Waals surface area contributed by atoms with E-state index >= 15 is 0 Å². The molecule has 23 heavy (non-hydrogen) atoms. The van der Waals surface area contributed by atoms with Crippen molar-refractivity contribution in [2.24, 2.45) is 0 Å². The van der Waals surface area contributed by atoms with Crippen LogP contribution in [0.2, 0.25) is 0 Å². The molecule has 2 aliphatic rings. The molecular weight excluding hydrogens is 359 g/mol. The summed E-state index contributed by atoms with van der Waals surface area (Å²) in [5.41, 5.74) is 2.22. The van der Waals surface area contributed by atoms with Gasteiger partial charge in [-0.15, -0.1) is 0 Å². The van der Waals surface area contributed by atoms with Gasteiger partial charge in [-0.25, -0.2) is 4.39 Å². The van der Waals surface area contributed by atoms with Gasteiger partial charge in [0, 0.05) is 50.7 Å². The van der Waals surface area contributed by atoms with Crippen molar-refractivity contribution in [3.8, 4) is 5.75 Å². The van der Waals surface area contributed by atoms with Crippen LogP contribution in [0.15, 0.2) is 41.1 Å². The molecule has 0 amide bonds. The molecule has 1 fully saturated rings. The summed E-state index contributed by atoms with van der Waals surface area (Å²) in [6, 6.07) is 7.42. The van der Waals surface area contributed by atoms with Crippen molar-refractivity contribution >= 4 is 15.9 Å². The van der Waals surface area contributed by atoms with Gasteiger partial charge < -0.3 is 4.74 Å². The SMILES string of the molecule is Fc1cc(CN2CCC3(CC2)Cc2ccncc2O3)ccc1Br. The molecule has 2 aliphatic heterocycles. The van der Waals surface area contributed by atoms with Crippen LogP contribution < -0.4 is 4.74 Å². The fourth-order valence-electron chi connectivity index (χ4n) is 3.56. The number of ether oxygens (including phenoxy) is 1. The molecule has 0 bridgehead atoms. The molecule has 0 atom stereocenters. The third-order valence-electron chi connectivity index (χ3n) is 4.87. The molecule has 1 spiro atoms. The van der Waals surface area contributed by atoms with E-state index in [0.717, 1.165) is 50.2 Å². The topological polar surface area (TPSA) is 25.4 Å². The number of aromatic nitrogens is 1. The van der Waals surface area contributed by atoms with Crippen LogP contribution in [0.4, 0.5) is 4.39 Å². The average molecular weight is 377 g/mol. The van der Waals surface area contributed by atoms with Crippen molar-refractivity contribution in [1.29, 1.82) is 0 Å². The number of hydrogen-bond acceptors (Lipinski definition) is 3. The van der Waals surface area contributed by atoms with Gasteiger partial charge in [-0.05, 0) is 39.7 Å². The highest BCUT2D eigenvalue weighted by atomic mass is 79.9. The van der Waals surface area contributed by atoms with Gasteiger partial charge in [0.05, 0.1) is 10.7 Å². The van der Waals surface area contributed by atoms with Crippen LogP contribution in [0.5, 0.6) is 5.75 Å². The zero-order valence-corrected chi connectivity index (χ0v) is 14.4. The maximum atomic E-state index is 13.6. The molecule has 2 aromatic rings. The zero-order chi connectivity index (χ0) is 15.9. The Morgan fingerprint density at radius 3 is 2.83 bits per heavy atom. The molecule has 1 aromatic heterocycles. The second-order valence-electron chi connectivity index (χ2n) is 6.47. The smallest absolute Gasteiger partial charge is 0.141 e. The Morgan fingerprint density at radius 1 is 1.26 bits per heavy atom. The molecule has 0 radical (unpaired) electrons. The zero-order valence-electron chi connectivity index (χ0n) is 12.8. The van der Waals surface area contributed by atoms with Crippen LogP contribution in [0.1, 0.15) is 24.0 Å². The molecule has 120 valence electrons. The minimum Gasteiger partial charge on any atom is -0.485 e. The van der Waals surface area contributed by atoms with Gasteiger partial charge in [-0.2, -0.15) is 0 Å². The maximum absolute atomic E-state index is 13.6. The molecule has 0 N–H and O–H groups in total. The van der Waals surface area contributed by atoms with Crippen molar-refractivity contribution in [3.05, 3.63) is 58.1 Å². The summed E-state index contributed by atoms with van der Waals surface area (Å²) in [4.78, 5) is 6.52. The van der Waals surface area contributed by atoms with Gasteiger partial charge in [0.1, 0.15) is 17.2 Å². The Morgan fingerprint density at radius 2 is 2.09 bits per heavy atom. The van der Waals surface area contributed by atoms with E-state index in [2.05, 4.69) is 31.9 Å². The van der Waals surface area contributed by atoms with Crippen LogP contribution >= 0.6 is 15.9 Å². The summed E-state index contributed by atoms with van der Waals surface area (Å²) in [6.45, 7) is 2.73. The number of rotatable bonds is 2. The molecule has 0 saturated carbocycles. The van der Waals surface area contributed by atoms with Crippen molar-refractivity contribution in [3.63, 3.8) is 0 Å². The van der Waals surface area contributed by atoms with E-state index in [1.165, 1.54) is 5.56 Å². The van der Waals surface area contributed by atoms with Gasteiger partial charge in [0.2, 0.25) is 0 Å². The summed E-state index contributed by atoms with van der Waals surface area (Å²) in [5.74, 6) is 0.744. The van der Waals surface area contributed by atoms with E-state index < -0.39 is 0 Å². The molecule has 1 aromatic carbocycles. The van der Waals surface area contributed by atoms with Crippen LogP contribution in [-0.4, -0.2) is 28.6 Å². The molecule has 4 rings (SSSR count). The fraction of sp³-hybridized carbons (Fsp3) is 0.389. The Bertz CT molecular complexity index is 702. The minimum atomic E-state index is -0.196. The minimum absolute atomic E-state index is 0.0627. The number of hydrogen-bond donors (Lipinski definition) is 0. The molecular formula is C18H18BrFN2O. The number of pyridine rings is 1. The van der Waals surface area contributed by atoms with Gasteiger partial charge in [0.25, 0.3) is 0 Å². The van der Waals surface area contributed by atoms with E-state index in [-0.39, 0.29) is 11.4 Å². The normalized spacial score (nSPS) is 19.6. The summed E-state index contributed by atoms with van der Waals surface area (Å²) in [5, 5.41) is 0. The van der Waals surface area contributed by atoms with Crippen LogP contribution in [0.3, 0.4) is 0 Å². The summed E-state index contributed by atoms with van der Waals surface area (Å²) >= 11 is 3.20. The van der Waals surface area contributed by atoms with Crippen molar-refractivity contribution in [1.82, 2.24) is 9.88 Å². The Labute approximate surface area is 143 Å². The molecule has 0 aliphatic carbocycles. The standard InChI is InChI=1S/C18H18BrFN2O/c19-15-2-1-13(9-16(15)20)12-22-7-4-18(5-8-22)10-14-3-6-21-11-17(14)23-18/h1-3,6,9,11H,4-5,7-8,10,12H2. The van der Waals surface area contributed by atoms with E-state index in [4.69, 9.17) is 4.74 Å². The summed E-state index contributed by atoms with van der Waals surface area (Å²) < 4.78 is 20.4. The van der Waals surface area contributed by atoms with Crippen molar-refractivity contribution in [2.75, 3.05) is 13.1 Å². The highest BCUT2D eigenvalue weighted by Gasteiger charge is 2.41. The van der Waals surface area contributed by atoms with Crippen LogP contribution in [0, 0.1) is 5.82 Å². The Kier molecular flexibility index (Phi) is 3.85. The van der Waals surface area contributed by atoms with Crippen LogP contribution in [-0.2, 0) is 13.0 Å². The number of halogens is 2. The molecule has 0 unspecified atom stereocenters. The van der Waals surface area contributed by atoms with Gasteiger partial charge in [0.15, 0.2) is 0 Å². The Balaban J connectivity index is 1.39. The number of likely N-dealkylation sites (tertiary alicyclic amines) is 1. The van der Waals surface area contributed by atoms with Crippen molar-refractivity contribution < 1.29 is 9.13 Å². The first-order chi connectivity index (χ1) is 11.1. The lowest BCUT2D eigenvalue weighted by atomic mass is 9.87. The van der Waals surface area contributed by atoms with Gasteiger partial charge in [-0.1, -0.05) is 6.07 Å².